The van der Waals surface area contributed by atoms with Gasteiger partial charge in [0.15, 0.2) is 0 Å². The molecule has 0 spiro atoms. The van der Waals surface area contributed by atoms with E-state index in [0.29, 0.717) is 11.3 Å². The highest BCUT2D eigenvalue weighted by molar-refractivity contribution is 7.92. The molecule has 4 nitrogen and oxygen atoms in total. The number of ether oxygens (including phenoxy) is 1. The van der Waals surface area contributed by atoms with Crippen molar-refractivity contribution in [2.45, 2.75) is 17.9 Å². The number of benzene rings is 3. The normalized spacial score (nSPS) is 12.4. The number of para-hydroxylation sites is 1. The minimum atomic E-state index is -4.12. The maximum atomic E-state index is 13.9. The van der Waals surface area contributed by atoms with E-state index >= 15 is 0 Å². The Morgan fingerprint density at radius 3 is 2.21 bits per heavy atom. The second kappa shape index (κ2) is 7.98. The van der Waals surface area contributed by atoms with Gasteiger partial charge in [-0.2, -0.15) is 0 Å². The highest BCUT2D eigenvalue weighted by Gasteiger charge is 2.32. The van der Waals surface area contributed by atoms with Crippen LogP contribution in [-0.4, -0.2) is 15.5 Å². The van der Waals surface area contributed by atoms with Crippen molar-refractivity contribution in [2.24, 2.45) is 0 Å². The minimum absolute atomic E-state index is 0.0973. The van der Waals surface area contributed by atoms with Crippen LogP contribution >= 0.6 is 0 Å². The first-order chi connectivity index (χ1) is 13.3. The molecule has 3 rings (SSSR count). The molecular formula is C21H19F2NO3S. The van der Waals surface area contributed by atoms with Gasteiger partial charge in [-0.25, -0.2) is 17.2 Å². The Bertz CT molecular complexity index is 1070. The Morgan fingerprint density at radius 1 is 0.893 bits per heavy atom. The summed E-state index contributed by atoms with van der Waals surface area (Å²) in [6, 6.07) is 16.1. The van der Waals surface area contributed by atoms with E-state index in [1.54, 1.807) is 31.2 Å². The predicted octanol–water partition coefficient (Wildman–Crippen LogP) is 4.93. The summed E-state index contributed by atoms with van der Waals surface area (Å²) in [5.74, 6) is -0.608. The van der Waals surface area contributed by atoms with Crippen LogP contribution in [0.1, 0.15) is 18.5 Å². The quantitative estimate of drug-likeness (QED) is 0.586. The Morgan fingerprint density at radius 2 is 1.57 bits per heavy atom. The molecule has 0 heterocycles. The lowest BCUT2D eigenvalue weighted by atomic mass is 10.1. The maximum Gasteiger partial charge on any atom is 0.264 e. The molecule has 0 unspecified atom stereocenters. The van der Waals surface area contributed by atoms with Crippen LogP contribution in [0.5, 0.6) is 5.75 Å². The number of sulfonamides is 1. The molecule has 0 amide bonds. The van der Waals surface area contributed by atoms with Crippen molar-refractivity contribution in [2.75, 3.05) is 11.4 Å². The van der Waals surface area contributed by atoms with Crippen LogP contribution in [0, 0.1) is 11.6 Å². The predicted molar refractivity (Wildman–Crippen MR) is 104 cm³/mol. The van der Waals surface area contributed by atoms with Crippen molar-refractivity contribution in [3.63, 3.8) is 0 Å². The molecule has 0 aliphatic heterocycles. The van der Waals surface area contributed by atoms with Crippen LogP contribution < -0.4 is 9.04 Å². The Balaban J connectivity index is 2.19. The summed E-state index contributed by atoms with van der Waals surface area (Å²) in [4.78, 5) is -0.0973. The zero-order chi connectivity index (χ0) is 20.3. The SMILES string of the molecule is COc1ccccc1[C@H](C)N(c1cccc(F)c1)S(=O)(=O)c1ccc(F)cc1. The first kappa shape index (κ1) is 19.8. The summed E-state index contributed by atoms with van der Waals surface area (Å²) in [5, 5.41) is 0. The topological polar surface area (TPSA) is 46.6 Å². The zero-order valence-corrected chi connectivity index (χ0v) is 16.2. The summed E-state index contributed by atoms with van der Waals surface area (Å²) in [6.45, 7) is 1.68. The number of anilines is 1. The van der Waals surface area contributed by atoms with Gasteiger partial charge in [0.25, 0.3) is 10.0 Å². The van der Waals surface area contributed by atoms with Crippen molar-refractivity contribution in [3.8, 4) is 5.75 Å². The van der Waals surface area contributed by atoms with Crippen LogP contribution in [0.4, 0.5) is 14.5 Å². The Labute approximate surface area is 163 Å². The van der Waals surface area contributed by atoms with Crippen LogP contribution in [0.25, 0.3) is 0 Å². The van der Waals surface area contributed by atoms with Crippen molar-refractivity contribution in [3.05, 3.63) is 90.0 Å². The van der Waals surface area contributed by atoms with Gasteiger partial charge >= 0.3 is 0 Å². The lowest BCUT2D eigenvalue weighted by molar-refractivity contribution is 0.407. The number of nitrogens with zero attached hydrogens (tertiary/aromatic N) is 1. The van der Waals surface area contributed by atoms with Gasteiger partial charge in [-0.15, -0.1) is 0 Å². The van der Waals surface area contributed by atoms with Gasteiger partial charge in [-0.1, -0.05) is 24.3 Å². The molecule has 0 fully saturated rings. The zero-order valence-electron chi connectivity index (χ0n) is 15.3. The number of methoxy groups -OCH3 is 1. The van der Waals surface area contributed by atoms with E-state index in [1.807, 2.05) is 0 Å². The van der Waals surface area contributed by atoms with E-state index in [1.165, 1.54) is 37.4 Å². The van der Waals surface area contributed by atoms with Crippen molar-refractivity contribution >= 4 is 15.7 Å². The fraction of sp³-hybridized carbons (Fsp3) is 0.143. The number of hydrogen-bond acceptors (Lipinski definition) is 3. The highest BCUT2D eigenvalue weighted by atomic mass is 32.2. The van der Waals surface area contributed by atoms with Crippen LogP contribution in [-0.2, 0) is 10.0 Å². The maximum absolute atomic E-state index is 13.9. The molecule has 7 heteroatoms. The van der Waals surface area contributed by atoms with Gasteiger partial charge in [-0.3, -0.25) is 4.31 Å². The number of rotatable bonds is 6. The molecule has 1 atom stereocenters. The summed E-state index contributed by atoms with van der Waals surface area (Å²) < 4.78 is 60.5. The standard InChI is InChI=1S/C21H19F2NO3S/c1-15(20-8-3-4-9-21(20)27-2)24(18-7-5-6-17(23)14-18)28(25,26)19-12-10-16(22)11-13-19/h3-15H,1-2H3/t15-/m0/s1. The molecule has 0 aliphatic carbocycles. The first-order valence-corrected chi connectivity index (χ1v) is 9.97. The second-order valence-electron chi connectivity index (χ2n) is 6.15. The van der Waals surface area contributed by atoms with E-state index in [0.717, 1.165) is 22.5 Å². The van der Waals surface area contributed by atoms with Gasteiger partial charge in [-0.05, 0) is 55.5 Å². The van der Waals surface area contributed by atoms with E-state index in [4.69, 9.17) is 4.74 Å². The second-order valence-corrected chi connectivity index (χ2v) is 7.97. The molecule has 0 aliphatic rings. The van der Waals surface area contributed by atoms with Crippen molar-refractivity contribution < 1.29 is 21.9 Å². The largest absolute Gasteiger partial charge is 0.496 e. The average Bonchev–Trinajstić information content (AvgIpc) is 2.68. The molecule has 0 bridgehead atoms. The average molecular weight is 403 g/mol. The molecule has 0 N–H and O–H groups in total. The lowest BCUT2D eigenvalue weighted by Gasteiger charge is -2.31. The summed E-state index contributed by atoms with van der Waals surface area (Å²) in [7, 11) is -2.62. The third kappa shape index (κ3) is 3.84. The van der Waals surface area contributed by atoms with Gasteiger partial charge in [0.1, 0.15) is 17.4 Å². The lowest BCUT2D eigenvalue weighted by Crippen LogP contribution is -2.34. The van der Waals surface area contributed by atoms with E-state index < -0.39 is 27.7 Å². The van der Waals surface area contributed by atoms with Gasteiger partial charge in [0.05, 0.1) is 23.7 Å². The molecule has 28 heavy (non-hydrogen) atoms. The van der Waals surface area contributed by atoms with E-state index in [2.05, 4.69) is 0 Å². The van der Waals surface area contributed by atoms with Crippen LogP contribution in [0.3, 0.4) is 0 Å². The fourth-order valence-corrected chi connectivity index (χ4v) is 4.67. The fourth-order valence-electron chi connectivity index (χ4n) is 3.04. The molecule has 3 aromatic rings. The molecule has 3 aromatic carbocycles. The van der Waals surface area contributed by atoms with Crippen LogP contribution in [0.2, 0.25) is 0 Å². The minimum Gasteiger partial charge on any atom is -0.496 e. The Kier molecular flexibility index (Phi) is 5.65. The highest BCUT2D eigenvalue weighted by Crippen LogP contribution is 2.36. The van der Waals surface area contributed by atoms with Gasteiger partial charge < -0.3 is 4.74 Å². The Hall–Kier alpha value is -2.93. The molecular weight excluding hydrogens is 384 g/mol. The molecule has 0 radical (unpaired) electrons. The van der Waals surface area contributed by atoms with E-state index in [9.17, 15) is 17.2 Å². The van der Waals surface area contributed by atoms with Crippen LogP contribution in [0.15, 0.2) is 77.7 Å². The van der Waals surface area contributed by atoms with Gasteiger partial charge in [0.2, 0.25) is 0 Å². The molecule has 146 valence electrons. The summed E-state index contributed by atoms with van der Waals surface area (Å²) >= 11 is 0. The summed E-state index contributed by atoms with van der Waals surface area (Å²) in [6.07, 6.45) is 0. The van der Waals surface area contributed by atoms with Crippen molar-refractivity contribution in [1.82, 2.24) is 0 Å². The third-order valence-electron chi connectivity index (χ3n) is 4.37. The molecule has 0 aromatic heterocycles. The smallest absolute Gasteiger partial charge is 0.264 e. The number of halogens is 2. The van der Waals surface area contributed by atoms with Crippen molar-refractivity contribution in [1.29, 1.82) is 0 Å². The summed E-state index contributed by atoms with van der Waals surface area (Å²) in [5.41, 5.74) is 0.766. The monoisotopic (exact) mass is 403 g/mol. The first-order valence-electron chi connectivity index (χ1n) is 8.53. The number of hydrogen-bond donors (Lipinski definition) is 0. The van der Waals surface area contributed by atoms with Gasteiger partial charge in [0, 0.05) is 5.56 Å². The van der Waals surface area contributed by atoms with E-state index in [-0.39, 0.29) is 10.6 Å². The molecule has 0 saturated heterocycles. The molecule has 0 saturated carbocycles. The third-order valence-corrected chi connectivity index (χ3v) is 6.29.